The maximum absolute atomic E-state index is 6.10. The molecule has 0 radical (unpaired) electrons. The van der Waals surface area contributed by atoms with Crippen LogP contribution in [0.25, 0.3) is 0 Å². The van der Waals surface area contributed by atoms with Crippen LogP contribution in [0.1, 0.15) is 32.3 Å². The average molecular weight is 242 g/mol. The zero-order valence-electron chi connectivity index (χ0n) is 10.0. The predicted molar refractivity (Wildman–Crippen MR) is 69.2 cm³/mol. The van der Waals surface area contributed by atoms with Crippen LogP contribution in [0, 0.1) is 0 Å². The van der Waals surface area contributed by atoms with E-state index in [2.05, 4.69) is 6.07 Å². The third kappa shape index (κ3) is 4.42. The van der Waals surface area contributed by atoms with E-state index < -0.39 is 0 Å². The van der Waals surface area contributed by atoms with Crippen LogP contribution in [-0.4, -0.2) is 12.6 Å². The molecule has 0 saturated heterocycles. The molecule has 3 heteroatoms. The van der Waals surface area contributed by atoms with Crippen LogP contribution in [0.3, 0.4) is 0 Å². The molecular formula is C13H20ClNO. The highest BCUT2D eigenvalue weighted by Crippen LogP contribution is 2.26. The Labute approximate surface area is 103 Å². The minimum Gasteiger partial charge on any atom is -0.492 e. The van der Waals surface area contributed by atoms with E-state index in [0.717, 1.165) is 25.0 Å². The summed E-state index contributed by atoms with van der Waals surface area (Å²) in [4.78, 5) is 0. The molecule has 0 heterocycles. The molecule has 0 aliphatic rings. The van der Waals surface area contributed by atoms with Crippen molar-refractivity contribution in [1.29, 1.82) is 0 Å². The van der Waals surface area contributed by atoms with Crippen molar-refractivity contribution >= 4 is 11.6 Å². The Bertz CT molecular complexity index is 326. The van der Waals surface area contributed by atoms with Gasteiger partial charge in [-0.05, 0) is 50.8 Å². The first kappa shape index (κ1) is 13.3. The van der Waals surface area contributed by atoms with E-state index in [1.165, 1.54) is 5.56 Å². The number of ether oxygens (including phenoxy) is 1. The van der Waals surface area contributed by atoms with Gasteiger partial charge >= 0.3 is 0 Å². The van der Waals surface area contributed by atoms with Gasteiger partial charge in [0.2, 0.25) is 0 Å². The Hall–Kier alpha value is -0.730. The Morgan fingerprint density at radius 2 is 2.19 bits per heavy atom. The van der Waals surface area contributed by atoms with Gasteiger partial charge in [-0.25, -0.2) is 0 Å². The molecule has 90 valence electrons. The Kier molecular flexibility index (Phi) is 5.64. The number of nitrogens with two attached hydrogens (primary N) is 1. The monoisotopic (exact) mass is 241 g/mol. The van der Waals surface area contributed by atoms with E-state index in [1.807, 2.05) is 26.0 Å². The van der Waals surface area contributed by atoms with Crippen molar-refractivity contribution in [3.05, 3.63) is 28.8 Å². The highest BCUT2D eigenvalue weighted by molar-refractivity contribution is 6.32. The molecule has 0 fully saturated rings. The topological polar surface area (TPSA) is 35.2 Å². The third-order valence-electron chi connectivity index (χ3n) is 2.42. The van der Waals surface area contributed by atoms with Crippen molar-refractivity contribution in [2.75, 3.05) is 6.61 Å². The van der Waals surface area contributed by atoms with Gasteiger partial charge < -0.3 is 10.5 Å². The van der Waals surface area contributed by atoms with Crippen LogP contribution in [0.5, 0.6) is 5.75 Å². The predicted octanol–water partition coefficient (Wildman–Crippen LogP) is 3.41. The number of aryl methyl sites for hydroxylation is 1. The van der Waals surface area contributed by atoms with E-state index in [4.69, 9.17) is 22.1 Å². The van der Waals surface area contributed by atoms with E-state index >= 15 is 0 Å². The molecule has 0 aromatic heterocycles. The summed E-state index contributed by atoms with van der Waals surface area (Å²) < 4.78 is 5.38. The van der Waals surface area contributed by atoms with Crippen molar-refractivity contribution in [3.63, 3.8) is 0 Å². The van der Waals surface area contributed by atoms with E-state index in [1.54, 1.807) is 0 Å². The molecule has 16 heavy (non-hydrogen) atoms. The van der Waals surface area contributed by atoms with Crippen LogP contribution in [0.4, 0.5) is 0 Å². The van der Waals surface area contributed by atoms with Gasteiger partial charge in [-0.15, -0.1) is 0 Å². The minimum absolute atomic E-state index is 0.276. The standard InChI is InChI=1S/C13H20ClNO/c1-3-16-13-8-7-11(9-12(13)14)6-4-5-10(2)15/h7-10H,3-6,15H2,1-2H3. The summed E-state index contributed by atoms with van der Waals surface area (Å²) in [5, 5.41) is 0.695. The lowest BCUT2D eigenvalue weighted by Crippen LogP contribution is -2.14. The van der Waals surface area contributed by atoms with Gasteiger partial charge in [0.05, 0.1) is 11.6 Å². The number of halogens is 1. The summed E-state index contributed by atoms with van der Waals surface area (Å²) in [6.07, 6.45) is 3.17. The van der Waals surface area contributed by atoms with Gasteiger partial charge in [-0.3, -0.25) is 0 Å². The van der Waals surface area contributed by atoms with E-state index in [0.29, 0.717) is 11.6 Å². The highest BCUT2D eigenvalue weighted by atomic mass is 35.5. The van der Waals surface area contributed by atoms with Gasteiger partial charge in [-0.1, -0.05) is 17.7 Å². The fourth-order valence-electron chi connectivity index (χ4n) is 1.60. The van der Waals surface area contributed by atoms with Crippen LogP contribution in [0.2, 0.25) is 5.02 Å². The zero-order chi connectivity index (χ0) is 12.0. The summed E-state index contributed by atoms with van der Waals surface area (Å²) in [6.45, 7) is 4.63. The van der Waals surface area contributed by atoms with Crippen molar-refractivity contribution < 1.29 is 4.74 Å². The molecule has 2 N–H and O–H groups in total. The van der Waals surface area contributed by atoms with Crippen LogP contribution < -0.4 is 10.5 Å². The Morgan fingerprint density at radius 3 is 2.75 bits per heavy atom. The minimum atomic E-state index is 0.276. The second-order valence-corrected chi connectivity index (χ2v) is 4.47. The van der Waals surface area contributed by atoms with Gasteiger partial charge in [0.25, 0.3) is 0 Å². The molecule has 0 aliphatic heterocycles. The lowest BCUT2D eigenvalue weighted by molar-refractivity contribution is 0.340. The molecule has 2 nitrogen and oxygen atoms in total. The molecule has 1 unspecified atom stereocenters. The average Bonchev–Trinajstić information content (AvgIpc) is 2.21. The summed E-state index contributed by atoms with van der Waals surface area (Å²) in [5.74, 6) is 0.764. The maximum atomic E-state index is 6.10. The van der Waals surface area contributed by atoms with Crippen LogP contribution in [0.15, 0.2) is 18.2 Å². The molecule has 1 rings (SSSR count). The van der Waals surface area contributed by atoms with Crippen molar-refractivity contribution in [3.8, 4) is 5.75 Å². The van der Waals surface area contributed by atoms with Gasteiger partial charge in [-0.2, -0.15) is 0 Å². The molecule has 0 aliphatic carbocycles. The molecule has 0 spiro atoms. The molecule has 0 amide bonds. The van der Waals surface area contributed by atoms with E-state index in [9.17, 15) is 0 Å². The van der Waals surface area contributed by atoms with E-state index in [-0.39, 0.29) is 6.04 Å². The van der Waals surface area contributed by atoms with Crippen LogP contribution >= 0.6 is 11.6 Å². The second kappa shape index (κ2) is 6.77. The smallest absolute Gasteiger partial charge is 0.137 e. The van der Waals surface area contributed by atoms with Crippen molar-refractivity contribution in [2.45, 2.75) is 39.2 Å². The molecular weight excluding hydrogens is 222 g/mol. The number of hydrogen-bond donors (Lipinski definition) is 1. The summed E-state index contributed by atoms with van der Waals surface area (Å²) >= 11 is 6.10. The summed E-state index contributed by atoms with van der Waals surface area (Å²) in [5.41, 5.74) is 6.95. The number of benzene rings is 1. The van der Waals surface area contributed by atoms with Gasteiger partial charge in [0, 0.05) is 6.04 Å². The molecule has 1 aromatic carbocycles. The molecule has 0 saturated carbocycles. The fourth-order valence-corrected chi connectivity index (χ4v) is 1.86. The highest BCUT2D eigenvalue weighted by Gasteiger charge is 2.03. The lowest BCUT2D eigenvalue weighted by Gasteiger charge is -2.08. The first-order chi connectivity index (χ1) is 7.63. The number of hydrogen-bond acceptors (Lipinski definition) is 2. The van der Waals surface area contributed by atoms with Crippen LogP contribution in [-0.2, 0) is 6.42 Å². The molecule has 0 bridgehead atoms. The Balaban J connectivity index is 2.52. The summed E-state index contributed by atoms with van der Waals surface area (Å²) in [7, 11) is 0. The fraction of sp³-hybridized carbons (Fsp3) is 0.538. The SMILES string of the molecule is CCOc1ccc(CCCC(C)N)cc1Cl. The maximum Gasteiger partial charge on any atom is 0.137 e. The zero-order valence-corrected chi connectivity index (χ0v) is 10.8. The molecule has 1 atom stereocenters. The molecule has 1 aromatic rings. The largest absolute Gasteiger partial charge is 0.492 e. The summed E-state index contributed by atoms with van der Waals surface area (Å²) in [6, 6.07) is 6.26. The number of rotatable bonds is 6. The third-order valence-corrected chi connectivity index (χ3v) is 2.72. The van der Waals surface area contributed by atoms with Crippen molar-refractivity contribution in [1.82, 2.24) is 0 Å². The Morgan fingerprint density at radius 1 is 1.44 bits per heavy atom. The first-order valence-electron chi connectivity index (χ1n) is 5.80. The van der Waals surface area contributed by atoms with Gasteiger partial charge in [0.15, 0.2) is 0 Å². The first-order valence-corrected chi connectivity index (χ1v) is 6.18. The quantitative estimate of drug-likeness (QED) is 0.829. The van der Waals surface area contributed by atoms with Gasteiger partial charge in [0.1, 0.15) is 5.75 Å². The van der Waals surface area contributed by atoms with Crippen molar-refractivity contribution in [2.24, 2.45) is 5.73 Å². The normalized spacial score (nSPS) is 12.5. The second-order valence-electron chi connectivity index (χ2n) is 4.07. The lowest BCUT2D eigenvalue weighted by atomic mass is 10.1.